The van der Waals surface area contributed by atoms with Gasteiger partial charge in [0, 0.05) is 49.1 Å². The Morgan fingerprint density at radius 3 is 1.21 bits per heavy atom. The maximum atomic E-state index is 6.77. The van der Waals surface area contributed by atoms with Crippen LogP contribution in [0.2, 0.25) is 0 Å². The number of furan rings is 1. The van der Waals surface area contributed by atoms with Gasteiger partial charge in [0.1, 0.15) is 11.2 Å². The van der Waals surface area contributed by atoms with Gasteiger partial charge in [-0.3, -0.25) is 0 Å². The Kier molecular flexibility index (Phi) is 8.64. The summed E-state index contributed by atoms with van der Waals surface area (Å²) in [4.78, 5) is 0. The number of benzene rings is 11. The van der Waals surface area contributed by atoms with Gasteiger partial charge in [-0.1, -0.05) is 182 Å². The molecule has 0 aliphatic heterocycles. The van der Waals surface area contributed by atoms with E-state index in [0.29, 0.717) is 0 Å². The highest BCUT2D eigenvalue weighted by atomic mass is 28.3. The van der Waals surface area contributed by atoms with Crippen LogP contribution in [0, 0.1) is 0 Å². The van der Waals surface area contributed by atoms with Gasteiger partial charge < -0.3 is 18.1 Å². The molecular formula is C66H43N3OSi. The molecule has 0 aliphatic carbocycles. The van der Waals surface area contributed by atoms with Crippen molar-refractivity contribution in [1.29, 1.82) is 0 Å². The van der Waals surface area contributed by atoms with E-state index in [1.54, 1.807) is 0 Å². The molecule has 4 heterocycles. The quantitative estimate of drug-likeness (QED) is 0.116. The Hall–Kier alpha value is -9.16. The van der Waals surface area contributed by atoms with Gasteiger partial charge in [-0.25, -0.2) is 0 Å². The van der Waals surface area contributed by atoms with Crippen molar-refractivity contribution in [2.45, 2.75) is 0 Å². The first-order valence-electron chi connectivity index (χ1n) is 24.4. The number of fused-ring (bicyclic) bond motifs is 12. The molecule has 0 spiro atoms. The average molecular weight is 922 g/mol. The molecule has 15 rings (SSSR count). The summed E-state index contributed by atoms with van der Waals surface area (Å²) in [5.74, 6) is 0. The molecule has 0 saturated heterocycles. The maximum Gasteiger partial charge on any atom is 0.179 e. The highest BCUT2D eigenvalue weighted by molar-refractivity contribution is 7.20. The summed E-state index contributed by atoms with van der Waals surface area (Å²) in [5, 5.41) is 15.0. The first kappa shape index (κ1) is 39.8. The van der Waals surface area contributed by atoms with Gasteiger partial charge in [-0.15, -0.1) is 0 Å². The fourth-order valence-electron chi connectivity index (χ4n) is 12.2. The number of hydrogen-bond donors (Lipinski definition) is 0. The Morgan fingerprint density at radius 2 is 0.662 bits per heavy atom. The second kappa shape index (κ2) is 15.4. The molecular weight excluding hydrogens is 879 g/mol. The summed E-state index contributed by atoms with van der Waals surface area (Å²) in [5.41, 5.74) is 12.1. The second-order valence-corrected chi connectivity index (χ2v) is 22.6. The van der Waals surface area contributed by atoms with E-state index in [0.717, 1.165) is 50.0 Å². The van der Waals surface area contributed by atoms with Gasteiger partial charge in [0.15, 0.2) is 8.07 Å². The van der Waals surface area contributed by atoms with Gasteiger partial charge in [0.25, 0.3) is 0 Å². The first-order valence-corrected chi connectivity index (χ1v) is 26.4. The van der Waals surface area contributed by atoms with Crippen molar-refractivity contribution >= 4 is 116 Å². The Morgan fingerprint density at radius 1 is 0.254 bits per heavy atom. The van der Waals surface area contributed by atoms with Gasteiger partial charge >= 0.3 is 0 Å². The van der Waals surface area contributed by atoms with E-state index in [9.17, 15) is 0 Å². The van der Waals surface area contributed by atoms with Crippen molar-refractivity contribution in [1.82, 2.24) is 13.7 Å². The maximum absolute atomic E-state index is 6.77. The summed E-state index contributed by atoms with van der Waals surface area (Å²) in [6, 6.07) is 96.2. The highest BCUT2D eigenvalue weighted by Crippen LogP contribution is 2.42. The molecule has 4 nitrogen and oxygen atoms in total. The van der Waals surface area contributed by atoms with Crippen LogP contribution >= 0.6 is 0 Å². The van der Waals surface area contributed by atoms with Gasteiger partial charge in [0.2, 0.25) is 0 Å². The smallest absolute Gasteiger partial charge is 0.179 e. The average Bonchev–Trinajstić information content (AvgIpc) is 4.18. The monoisotopic (exact) mass is 921 g/mol. The number of hydrogen-bond acceptors (Lipinski definition) is 1. The molecule has 0 atom stereocenters. The van der Waals surface area contributed by atoms with Crippen molar-refractivity contribution in [3.05, 3.63) is 261 Å². The molecule has 0 amide bonds. The van der Waals surface area contributed by atoms with Crippen LogP contribution in [0.4, 0.5) is 0 Å². The third-order valence-corrected chi connectivity index (χ3v) is 20.0. The molecule has 0 radical (unpaired) electrons. The summed E-state index contributed by atoms with van der Waals surface area (Å²) < 4.78 is 14.1. The van der Waals surface area contributed by atoms with E-state index in [-0.39, 0.29) is 0 Å². The minimum absolute atomic E-state index is 0.859. The number of nitrogens with zero attached hydrogens (tertiary/aromatic N) is 3. The molecule has 5 heteroatoms. The van der Waals surface area contributed by atoms with Crippen LogP contribution < -0.4 is 20.7 Å². The third-order valence-electron chi connectivity index (χ3n) is 15.2. The molecule has 4 aromatic heterocycles. The van der Waals surface area contributed by atoms with Crippen LogP contribution in [-0.4, -0.2) is 21.8 Å². The SMILES string of the molecule is c1ccc([Si](c2ccccc2)(c2ccccc2)c2ccc3c(c2)c2ccccc2n3-c2ccc3oc4cccc(-n5c6ccccc6c6cc(-n7c8ccccc8c8ccccc87)ccc65)c4c3c2)cc1. The molecule has 0 N–H and O–H groups in total. The van der Waals surface area contributed by atoms with Crippen molar-refractivity contribution in [2.24, 2.45) is 0 Å². The molecule has 11 aromatic carbocycles. The largest absolute Gasteiger partial charge is 0.456 e. The van der Waals surface area contributed by atoms with E-state index < -0.39 is 8.07 Å². The molecule has 0 unspecified atom stereocenters. The van der Waals surface area contributed by atoms with Gasteiger partial charge in [-0.05, 0) is 99.6 Å². The molecule has 15 aromatic rings. The van der Waals surface area contributed by atoms with E-state index in [1.807, 2.05) is 0 Å². The summed E-state index contributed by atoms with van der Waals surface area (Å²) in [6.07, 6.45) is 0. The molecule has 0 bridgehead atoms. The van der Waals surface area contributed by atoms with Crippen LogP contribution in [0.5, 0.6) is 0 Å². The summed E-state index contributed by atoms with van der Waals surface area (Å²) in [7, 11) is -2.77. The van der Waals surface area contributed by atoms with Crippen LogP contribution in [0.1, 0.15) is 0 Å². The number of aromatic nitrogens is 3. The van der Waals surface area contributed by atoms with Crippen molar-refractivity contribution in [2.75, 3.05) is 0 Å². The van der Waals surface area contributed by atoms with E-state index in [2.05, 4.69) is 275 Å². The fraction of sp³-hybridized carbons (Fsp3) is 0. The predicted molar refractivity (Wildman–Crippen MR) is 300 cm³/mol. The van der Waals surface area contributed by atoms with E-state index >= 15 is 0 Å². The lowest BCUT2D eigenvalue weighted by molar-refractivity contribution is 0.669. The Balaban J connectivity index is 0.938. The summed E-state index contributed by atoms with van der Waals surface area (Å²) >= 11 is 0. The van der Waals surface area contributed by atoms with Gasteiger partial charge in [-0.2, -0.15) is 0 Å². The van der Waals surface area contributed by atoms with Crippen molar-refractivity contribution in [3.8, 4) is 17.1 Å². The molecule has 71 heavy (non-hydrogen) atoms. The van der Waals surface area contributed by atoms with E-state index in [1.165, 1.54) is 75.1 Å². The zero-order chi connectivity index (χ0) is 46.6. The predicted octanol–water partition coefficient (Wildman–Crippen LogP) is 14.3. The van der Waals surface area contributed by atoms with Crippen LogP contribution in [0.3, 0.4) is 0 Å². The summed E-state index contributed by atoms with van der Waals surface area (Å²) in [6.45, 7) is 0. The minimum atomic E-state index is -2.77. The lowest BCUT2D eigenvalue weighted by Gasteiger charge is -2.34. The first-order chi connectivity index (χ1) is 35.2. The number of rotatable bonds is 7. The standard InChI is InChI=1S/C66H43N3OSi/c1-4-19-46(20-5-1)71(47-21-6-2-7-22-47,48-23-8-3-9-24-48)49-37-39-61-55(43-49)53-28-12-16-31-59(53)68(61)45-36-40-64-56(42-45)66-63(33-18-34-65(66)70-64)69-60-32-17-13-27-52(60)54-41-44(35-38-62(54)69)67-57-29-14-10-25-50(57)51-26-11-15-30-58(51)67/h1-43H. The van der Waals surface area contributed by atoms with Gasteiger partial charge in [0.05, 0.1) is 44.2 Å². The lowest BCUT2D eigenvalue weighted by Crippen LogP contribution is -2.74. The Bertz CT molecular complexity index is 4430. The number of para-hydroxylation sites is 4. The van der Waals surface area contributed by atoms with Crippen molar-refractivity contribution in [3.63, 3.8) is 0 Å². The van der Waals surface area contributed by atoms with Crippen LogP contribution in [-0.2, 0) is 0 Å². The third kappa shape index (κ3) is 5.72. The zero-order valence-electron chi connectivity index (χ0n) is 38.6. The molecule has 0 fully saturated rings. The van der Waals surface area contributed by atoms with Crippen LogP contribution in [0.15, 0.2) is 265 Å². The molecule has 0 aliphatic rings. The fourth-order valence-corrected chi connectivity index (χ4v) is 17.0. The Labute approximate surface area is 410 Å². The molecule has 332 valence electrons. The normalized spacial score (nSPS) is 12.2. The zero-order valence-corrected chi connectivity index (χ0v) is 39.6. The minimum Gasteiger partial charge on any atom is -0.456 e. The van der Waals surface area contributed by atoms with E-state index in [4.69, 9.17) is 4.42 Å². The van der Waals surface area contributed by atoms with Crippen molar-refractivity contribution < 1.29 is 4.42 Å². The van der Waals surface area contributed by atoms with Crippen LogP contribution in [0.25, 0.3) is 104 Å². The highest BCUT2D eigenvalue weighted by Gasteiger charge is 2.41. The lowest BCUT2D eigenvalue weighted by atomic mass is 10.1. The molecule has 0 saturated carbocycles. The topological polar surface area (TPSA) is 27.9 Å². The second-order valence-electron chi connectivity index (χ2n) is 18.8.